The van der Waals surface area contributed by atoms with E-state index < -0.39 is 30.0 Å². The van der Waals surface area contributed by atoms with Gasteiger partial charge in [0.2, 0.25) is 5.88 Å². The van der Waals surface area contributed by atoms with Crippen LogP contribution in [0.4, 0.5) is 10.1 Å². The Labute approximate surface area is 181 Å². The maximum Gasteiger partial charge on any atom is 0.329 e. The van der Waals surface area contributed by atoms with Gasteiger partial charge in [-0.05, 0) is 42.3 Å². The minimum Gasteiger partial charge on any atom is -0.493 e. The molecule has 0 amide bonds. The Morgan fingerprint density at radius 3 is 2.84 bits per heavy atom. The smallest absolute Gasteiger partial charge is 0.329 e. The van der Waals surface area contributed by atoms with Crippen LogP contribution in [-0.2, 0) is 0 Å². The van der Waals surface area contributed by atoms with Gasteiger partial charge in [-0.2, -0.15) is 5.26 Å². The van der Waals surface area contributed by atoms with Crippen LogP contribution in [0.1, 0.15) is 34.0 Å². The van der Waals surface area contributed by atoms with Crippen molar-refractivity contribution in [3.63, 3.8) is 0 Å². The number of aliphatic hydroxyl groups excluding tert-OH is 1. The summed E-state index contributed by atoms with van der Waals surface area (Å²) in [6, 6.07) is 7.94. The Balaban J connectivity index is 1.77. The molecule has 1 unspecified atom stereocenters. The van der Waals surface area contributed by atoms with E-state index in [4.69, 9.17) is 16.9 Å². The third kappa shape index (κ3) is 3.44. The number of aromatic amines is 1. The van der Waals surface area contributed by atoms with Crippen LogP contribution in [0.2, 0.25) is 5.02 Å². The fraction of sp³-hybridized carbons (Fsp3) is 0.136. The zero-order valence-electron chi connectivity index (χ0n) is 16.2. The SMILES string of the molecule is Cc1c(Cl)ccc2c1N=C/C2=C\c1[nH]c(=O)n(C(CO)c2ccc(C#N)c(F)c2)c1O. The number of aromatic nitrogens is 2. The van der Waals surface area contributed by atoms with Gasteiger partial charge < -0.3 is 15.2 Å². The van der Waals surface area contributed by atoms with E-state index >= 15 is 0 Å². The van der Waals surface area contributed by atoms with Gasteiger partial charge in [0, 0.05) is 22.4 Å². The summed E-state index contributed by atoms with van der Waals surface area (Å²) in [4.78, 5) is 19.5. The number of imidazole rings is 1. The van der Waals surface area contributed by atoms with Crippen LogP contribution in [0, 0.1) is 24.1 Å². The van der Waals surface area contributed by atoms with Crippen molar-refractivity contribution in [1.82, 2.24) is 9.55 Å². The van der Waals surface area contributed by atoms with E-state index in [1.807, 2.05) is 6.92 Å². The number of nitrogens with zero attached hydrogens (tertiary/aromatic N) is 3. The van der Waals surface area contributed by atoms with Crippen molar-refractivity contribution in [2.24, 2.45) is 4.99 Å². The van der Waals surface area contributed by atoms with E-state index in [1.165, 1.54) is 12.1 Å². The third-order valence-electron chi connectivity index (χ3n) is 5.22. The lowest BCUT2D eigenvalue weighted by atomic mass is 10.0. The van der Waals surface area contributed by atoms with Crippen LogP contribution in [0.3, 0.4) is 0 Å². The molecule has 4 rings (SSSR count). The van der Waals surface area contributed by atoms with Gasteiger partial charge in [-0.25, -0.2) is 9.18 Å². The van der Waals surface area contributed by atoms with Gasteiger partial charge >= 0.3 is 5.69 Å². The van der Waals surface area contributed by atoms with Gasteiger partial charge in [-0.1, -0.05) is 23.7 Å². The zero-order chi connectivity index (χ0) is 22.3. The van der Waals surface area contributed by atoms with Crippen LogP contribution in [0.25, 0.3) is 11.6 Å². The first-order valence-corrected chi connectivity index (χ1v) is 9.62. The first kappa shape index (κ1) is 20.6. The number of aromatic hydroxyl groups is 1. The molecule has 9 heteroatoms. The lowest BCUT2D eigenvalue weighted by molar-refractivity contribution is 0.237. The van der Waals surface area contributed by atoms with Crippen molar-refractivity contribution in [3.8, 4) is 11.9 Å². The predicted octanol–water partition coefficient (Wildman–Crippen LogP) is 3.69. The quantitative estimate of drug-likeness (QED) is 0.576. The number of benzene rings is 2. The Hall–Kier alpha value is -3.67. The van der Waals surface area contributed by atoms with Crippen LogP contribution < -0.4 is 5.69 Å². The summed E-state index contributed by atoms with van der Waals surface area (Å²) in [5.41, 5.74) is 2.47. The lowest BCUT2D eigenvalue weighted by Gasteiger charge is -2.16. The average molecular weight is 439 g/mol. The van der Waals surface area contributed by atoms with Crippen LogP contribution in [0.15, 0.2) is 40.1 Å². The van der Waals surface area contributed by atoms with Crippen molar-refractivity contribution in [1.29, 1.82) is 5.26 Å². The number of H-pyrrole nitrogens is 1. The number of aliphatic imine (C=N–C) groups is 1. The first-order valence-electron chi connectivity index (χ1n) is 9.24. The summed E-state index contributed by atoms with van der Waals surface area (Å²) in [7, 11) is 0. The second-order valence-electron chi connectivity index (χ2n) is 7.01. The molecule has 2 aromatic carbocycles. The highest BCUT2D eigenvalue weighted by Crippen LogP contribution is 2.39. The highest BCUT2D eigenvalue weighted by atomic mass is 35.5. The summed E-state index contributed by atoms with van der Waals surface area (Å²) < 4.78 is 15.0. The second-order valence-corrected chi connectivity index (χ2v) is 7.42. The fourth-order valence-electron chi connectivity index (χ4n) is 3.56. The van der Waals surface area contributed by atoms with Gasteiger partial charge in [0.05, 0.1) is 23.9 Å². The van der Waals surface area contributed by atoms with Crippen LogP contribution >= 0.6 is 11.6 Å². The van der Waals surface area contributed by atoms with E-state index in [0.717, 1.165) is 21.8 Å². The molecule has 3 aromatic rings. The van der Waals surface area contributed by atoms with E-state index in [-0.39, 0.29) is 16.8 Å². The Morgan fingerprint density at radius 1 is 1.39 bits per heavy atom. The zero-order valence-corrected chi connectivity index (χ0v) is 17.0. The molecular weight excluding hydrogens is 423 g/mol. The molecule has 156 valence electrons. The second kappa shape index (κ2) is 7.87. The van der Waals surface area contributed by atoms with Gasteiger partial charge in [0.1, 0.15) is 17.6 Å². The molecule has 0 radical (unpaired) electrons. The van der Waals surface area contributed by atoms with Crippen molar-refractivity contribution in [3.05, 3.63) is 79.6 Å². The van der Waals surface area contributed by atoms with Gasteiger partial charge in [-0.15, -0.1) is 0 Å². The fourth-order valence-corrected chi connectivity index (χ4v) is 3.71. The van der Waals surface area contributed by atoms with Gasteiger partial charge in [0.25, 0.3) is 0 Å². The summed E-state index contributed by atoms with van der Waals surface area (Å²) in [6.07, 6.45) is 3.16. The summed E-state index contributed by atoms with van der Waals surface area (Å²) in [5.74, 6) is -1.20. The summed E-state index contributed by atoms with van der Waals surface area (Å²) >= 11 is 6.14. The number of fused-ring (bicyclic) bond motifs is 1. The molecule has 2 heterocycles. The van der Waals surface area contributed by atoms with E-state index in [0.29, 0.717) is 16.3 Å². The number of nitriles is 1. The molecule has 0 fully saturated rings. The summed E-state index contributed by atoms with van der Waals surface area (Å²) in [6.45, 7) is 1.27. The van der Waals surface area contributed by atoms with Crippen molar-refractivity contribution in [2.45, 2.75) is 13.0 Å². The number of allylic oxidation sites excluding steroid dienone is 1. The molecule has 0 spiro atoms. The molecule has 31 heavy (non-hydrogen) atoms. The summed E-state index contributed by atoms with van der Waals surface area (Å²) in [5, 5.41) is 30.0. The van der Waals surface area contributed by atoms with E-state index in [2.05, 4.69) is 9.98 Å². The van der Waals surface area contributed by atoms with Gasteiger partial charge in [-0.3, -0.25) is 9.56 Å². The number of hydrogen-bond acceptors (Lipinski definition) is 5. The maximum atomic E-state index is 14.0. The number of halogens is 2. The minimum atomic E-state index is -1.05. The standard InChI is InChI=1S/C22H16ClFN4O3/c1-11-16(23)5-4-15-14(9-26-20(11)15)7-18-21(30)28(22(31)27-18)19(10-29)12-2-3-13(8-25)17(24)6-12/h2-7,9,19,29-30H,10H2,1H3,(H,27,31)/b14-7+. The molecule has 1 aliphatic heterocycles. The molecular formula is C22H16ClFN4O3. The Bertz CT molecular complexity index is 1360. The Kier molecular flexibility index (Phi) is 5.23. The monoisotopic (exact) mass is 438 g/mol. The van der Waals surface area contributed by atoms with Crippen molar-refractivity contribution in [2.75, 3.05) is 6.61 Å². The lowest BCUT2D eigenvalue weighted by Crippen LogP contribution is -2.25. The van der Waals surface area contributed by atoms with Crippen LogP contribution in [0.5, 0.6) is 5.88 Å². The topological polar surface area (TPSA) is 114 Å². The maximum absolute atomic E-state index is 14.0. The van der Waals surface area contributed by atoms with Crippen LogP contribution in [-0.4, -0.2) is 32.6 Å². The first-order chi connectivity index (χ1) is 14.8. The highest BCUT2D eigenvalue weighted by Gasteiger charge is 2.24. The van der Waals surface area contributed by atoms with Crippen molar-refractivity contribution < 1.29 is 14.6 Å². The molecule has 0 saturated carbocycles. The largest absolute Gasteiger partial charge is 0.493 e. The average Bonchev–Trinajstić information content (AvgIpc) is 3.28. The number of rotatable bonds is 4. The highest BCUT2D eigenvalue weighted by molar-refractivity contribution is 6.32. The third-order valence-corrected chi connectivity index (χ3v) is 5.63. The number of aliphatic hydroxyl groups is 1. The molecule has 1 atom stereocenters. The number of hydrogen-bond donors (Lipinski definition) is 3. The molecule has 0 saturated heterocycles. The van der Waals surface area contributed by atoms with Crippen molar-refractivity contribution >= 4 is 35.2 Å². The Morgan fingerprint density at radius 2 is 2.16 bits per heavy atom. The normalized spacial score (nSPS) is 14.6. The van der Waals surface area contributed by atoms with Gasteiger partial charge in [0.15, 0.2) is 0 Å². The molecule has 3 N–H and O–H groups in total. The molecule has 1 aromatic heterocycles. The van der Waals surface area contributed by atoms with E-state index in [1.54, 1.807) is 30.5 Å². The predicted molar refractivity (Wildman–Crippen MR) is 115 cm³/mol. The molecule has 1 aliphatic rings. The molecule has 7 nitrogen and oxygen atoms in total. The number of nitrogens with one attached hydrogen (secondary N) is 1. The minimum absolute atomic E-state index is 0.111. The molecule has 0 bridgehead atoms. The molecule has 0 aliphatic carbocycles. The van der Waals surface area contributed by atoms with E-state index in [9.17, 15) is 19.4 Å².